The van der Waals surface area contributed by atoms with E-state index in [1.807, 2.05) is 6.92 Å². The largest absolute Gasteiger partial charge is 0.458 e. The minimum Gasteiger partial charge on any atom is -0.458 e. The van der Waals surface area contributed by atoms with Gasteiger partial charge in [-0.1, -0.05) is 50.6 Å². The Bertz CT molecular complexity index is 655. The molecular weight excluding hydrogens is 360 g/mol. The first-order chi connectivity index (χ1) is 13.0. The molecule has 0 saturated carbocycles. The molecule has 0 bridgehead atoms. The number of aliphatic hydroxyl groups is 1. The first-order valence-electron chi connectivity index (χ1n) is 9.58. The van der Waals surface area contributed by atoms with Crippen LogP contribution in [-0.4, -0.2) is 41.1 Å². The van der Waals surface area contributed by atoms with Crippen molar-refractivity contribution in [3.05, 3.63) is 35.9 Å². The van der Waals surface area contributed by atoms with E-state index in [1.54, 1.807) is 58.0 Å². The fourth-order valence-electron chi connectivity index (χ4n) is 2.64. The van der Waals surface area contributed by atoms with Gasteiger partial charge in [0.15, 0.2) is 6.04 Å². The molecule has 1 rings (SSSR count). The van der Waals surface area contributed by atoms with Gasteiger partial charge in [0, 0.05) is 0 Å². The first-order valence-corrected chi connectivity index (χ1v) is 9.58. The second kappa shape index (κ2) is 10.8. The summed E-state index contributed by atoms with van der Waals surface area (Å²) in [5, 5.41) is 15.0. The van der Waals surface area contributed by atoms with E-state index in [-0.39, 0.29) is 12.5 Å². The topological polar surface area (TPSA) is 105 Å². The molecule has 0 fully saturated rings. The van der Waals surface area contributed by atoms with Gasteiger partial charge in [0.05, 0.1) is 6.54 Å². The predicted molar refractivity (Wildman–Crippen MR) is 106 cm³/mol. The van der Waals surface area contributed by atoms with Crippen LogP contribution < -0.4 is 10.6 Å². The Hall–Kier alpha value is -2.41. The summed E-state index contributed by atoms with van der Waals surface area (Å²) in [4.78, 5) is 36.9. The summed E-state index contributed by atoms with van der Waals surface area (Å²) in [5.74, 6) is -1.95. The predicted octanol–water partition coefficient (Wildman–Crippen LogP) is 2.10. The molecule has 0 aliphatic rings. The summed E-state index contributed by atoms with van der Waals surface area (Å²) in [7, 11) is 0. The summed E-state index contributed by atoms with van der Waals surface area (Å²) in [6.45, 7) is 8.63. The number of carbonyl (C=O) groups excluding carboxylic acids is 3. The van der Waals surface area contributed by atoms with Crippen molar-refractivity contribution in [2.75, 3.05) is 6.54 Å². The third kappa shape index (κ3) is 8.08. The Morgan fingerprint density at radius 3 is 2.29 bits per heavy atom. The highest BCUT2D eigenvalue weighted by molar-refractivity contribution is 5.90. The number of hydrogen-bond donors (Lipinski definition) is 3. The van der Waals surface area contributed by atoms with E-state index in [0.717, 1.165) is 6.42 Å². The molecule has 0 saturated heterocycles. The average molecular weight is 392 g/mol. The summed E-state index contributed by atoms with van der Waals surface area (Å²) in [5.41, 5.74) is -0.129. The van der Waals surface area contributed by atoms with Crippen molar-refractivity contribution in [3.63, 3.8) is 0 Å². The molecule has 0 spiro atoms. The smallest absolute Gasteiger partial charge is 0.333 e. The van der Waals surface area contributed by atoms with Crippen molar-refractivity contribution in [3.8, 4) is 0 Å². The lowest BCUT2D eigenvalue weighted by Crippen LogP contribution is -2.46. The third-order valence-corrected chi connectivity index (χ3v) is 4.06. The standard InChI is InChI=1S/C21H32N2O5/c1-6-10-14(2)18(25)19(26)22-13-16(24)23-17(15-11-8-7-9-12-15)20(27)28-21(3,4)5/h7-9,11-12,14,17-18,25H,6,10,13H2,1-5H3,(H,22,26)(H,23,24). The van der Waals surface area contributed by atoms with Crippen LogP contribution in [0.1, 0.15) is 59.1 Å². The van der Waals surface area contributed by atoms with Gasteiger partial charge in [0.2, 0.25) is 11.8 Å². The van der Waals surface area contributed by atoms with Crippen molar-refractivity contribution < 1.29 is 24.2 Å². The fourth-order valence-corrected chi connectivity index (χ4v) is 2.64. The normalized spacial score (nSPS) is 14.5. The zero-order valence-corrected chi connectivity index (χ0v) is 17.3. The number of aliphatic hydroxyl groups excluding tert-OH is 1. The summed E-state index contributed by atoms with van der Waals surface area (Å²) >= 11 is 0. The number of esters is 1. The third-order valence-electron chi connectivity index (χ3n) is 4.06. The molecular formula is C21H32N2O5. The van der Waals surface area contributed by atoms with E-state index in [4.69, 9.17) is 4.74 Å². The van der Waals surface area contributed by atoms with Gasteiger partial charge >= 0.3 is 5.97 Å². The van der Waals surface area contributed by atoms with Crippen molar-refractivity contribution in [2.24, 2.45) is 5.92 Å². The number of amides is 2. The van der Waals surface area contributed by atoms with Crippen LogP contribution in [0, 0.1) is 5.92 Å². The summed E-state index contributed by atoms with van der Waals surface area (Å²) in [6, 6.07) is 7.75. The minimum atomic E-state index is -1.18. The van der Waals surface area contributed by atoms with E-state index in [0.29, 0.717) is 12.0 Å². The van der Waals surface area contributed by atoms with Crippen LogP contribution in [0.5, 0.6) is 0 Å². The maximum Gasteiger partial charge on any atom is 0.333 e. The summed E-state index contributed by atoms with van der Waals surface area (Å²) < 4.78 is 5.40. The van der Waals surface area contributed by atoms with Crippen LogP contribution in [0.2, 0.25) is 0 Å². The van der Waals surface area contributed by atoms with E-state index in [9.17, 15) is 19.5 Å². The highest BCUT2D eigenvalue weighted by Gasteiger charge is 2.28. The molecule has 7 nitrogen and oxygen atoms in total. The lowest BCUT2D eigenvalue weighted by molar-refractivity contribution is -0.158. The molecule has 1 aromatic rings. The molecule has 2 amide bonds. The lowest BCUT2D eigenvalue weighted by Gasteiger charge is -2.25. The SMILES string of the molecule is CCCC(C)C(O)C(=O)NCC(=O)NC(C(=O)OC(C)(C)C)c1ccccc1. The van der Waals surface area contributed by atoms with E-state index in [2.05, 4.69) is 10.6 Å². The molecule has 3 N–H and O–H groups in total. The Labute approximate surface area is 166 Å². The Morgan fingerprint density at radius 1 is 1.14 bits per heavy atom. The van der Waals surface area contributed by atoms with Gasteiger partial charge in [-0.2, -0.15) is 0 Å². The molecule has 3 unspecified atom stereocenters. The van der Waals surface area contributed by atoms with Gasteiger partial charge in [0.25, 0.3) is 0 Å². The molecule has 156 valence electrons. The fraction of sp³-hybridized carbons (Fsp3) is 0.571. The van der Waals surface area contributed by atoms with Gasteiger partial charge in [-0.15, -0.1) is 0 Å². The number of hydrogen-bond acceptors (Lipinski definition) is 5. The Kier molecular flexibility index (Phi) is 9.12. The number of nitrogens with one attached hydrogen (secondary N) is 2. The van der Waals surface area contributed by atoms with Crippen LogP contribution >= 0.6 is 0 Å². The molecule has 0 aliphatic heterocycles. The number of ether oxygens (including phenoxy) is 1. The zero-order valence-electron chi connectivity index (χ0n) is 17.3. The van der Waals surface area contributed by atoms with Crippen LogP contribution in [0.4, 0.5) is 0 Å². The summed E-state index contributed by atoms with van der Waals surface area (Å²) in [6.07, 6.45) is 0.374. The molecule has 0 aliphatic carbocycles. The van der Waals surface area contributed by atoms with Gasteiger partial charge in [0.1, 0.15) is 11.7 Å². The monoisotopic (exact) mass is 392 g/mol. The Morgan fingerprint density at radius 2 is 1.75 bits per heavy atom. The quantitative estimate of drug-likeness (QED) is 0.558. The van der Waals surface area contributed by atoms with Crippen molar-refractivity contribution in [1.82, 2.24) is 10.6 Å². The first kappa shape index (κ1) is 23.6. The van der Waals surface area contributed by atoms with E-state index >= 15 is 0 Å². The molecule has 28 heavy (non-hydrogen) atoms. The van der Waals surface area contributed by atoms with E-state index < -0.39 is 35.5 Å². The maximum atomic E-state index is 12.5. The Balaban J connectivity index is 2.74. The van der Waals surface area contributed by atoms with E-state index in [1.165, 1.54) is 0 Å². The molecule has 3 atom stereocenters. The molecule has 7 heteroatoms. The van der Waals surface area contributed by atoms with Crippen LogP contribution in [-0.2, 0) is 19.1 Å². The van der Waals surface area contributed by atoms with Crippen molar-refractivity contribution in [2.45, 2.75) is 65.2 Å². The second-order valence-corrected chi connectivity index (χ2v) is 7.87. The van der Waals surface area contributed by atoms with Gasteiger partial charge in [-0.25, -0.2) is 4.79 Å². The number of rotatable bonds is 9. The van der Waals surface area contributed by atoms with Gasteiger partial charge in [-0.05, 0) is 38.7 Å². The molecule has 0 heterocycles. The molecule has 1 aromatic carbocycles. The average Bonchev–Trinajstić information content (AvgIpc) is 2.62. The zero-order chi connectivity index (χ0) is 21.3. The lowest BCUT2D eigenvalue weighted by atomic mass is 9.99. The number of benzene rings is 1. The molecule has 0 radical (unpaired) electrons. The van der Waals surface area contributed by atoms with Gasteiger partial charge in [-0.3, -0.25) is 9.59 Å². The highest BCUT2D eigenvalue weighted by Crippen LogP contribution is 2.18. The van der Waals surface area contributed by atoms with Crippen LogP contribution in [0.3, 0.4) is 0 Å². The highest BCUT2D eigenvalue weighted by atomic mass is 16.6. The maximum absolute atomic E-state index is 12.5. The van der Waals surface area contributed by atoms with Crippen LogP contribution in [0.15, 0.2) is 30.3 Å². The van der Waals surface area contributed by atoms with Gasteiger partial charge < -0.3 is 20.5 Å². The van der Waals surface area contributed by atoms with Crippen LogP contribution in [0.25, 0.3) is 0 Å². The molecule has 0 aromatic heterocycles. The second-order valence-electron chi connectivity index (χ2n) is 7.87. The minimum absolute atomic E-state index is 0.202. The van der Waals surface area contributed by atoms with Crippen molar-refractivity contribution in [1.29, 1.82) is 0 Å². The number of carbonyl (C=O) groups is 3. The van der Waals surface area contributed by atoms with Crippen molar-refractivity contribution >= 4 is 17.8 Å².